The zero-order chi connectivity index (χ0) is 22.0. The van der Waals surface area contributed by atoms with Crippen molar-refractivity contribution in [3.05, 3.63) is 77.1 Å². The van der Waals surface area contributed by atoms with Crippen LogP contribution in [0.4, 0.5) is 17.6 Å². The van der Waals surface area contributed by atoms with Gasteiger partial charge in [0, 0.05) is 37.5 Å². The van der Waals surface area contributed by atoms with E-state index in [1.54, 1.807) is 29.6 Å². The van der Waals surface area contributed by atoms with Crippen LogP contribution in [0, 0.1) is 5.82 Å². The van der Waals surface area contributed by atoms with E-state index < -0.39 is 17.6 Å². The molecule has 0 spiro atoms. The minimum atomic E-state index is -4.76. The molecule has 0 atom stereocenters. The van der Waals surface area contributed by atoms with Gasteiger partial charge in [-0.1, -0.05) is 6.07 Å². The number of halogens is 4. The molecule has 3 aromatic rings. The summed E-state index contributed by atoms with van der Waals surface area (Å²) < 4.78 is 57.5. The zero-order valence-electron chi connectivity index (χ0n) is 16.4. The number of carbonyl (C=O) groups is 1. The van der Waals surface area contributed by atoms with Crippen LogP contribution in [0.3, 0.4) is 0 Å². The van der Waals surface area contributed by atoms with E-state index in [1.165, 1.54) is 0 Å². The number of fused-ring (bicyclic) bond motifs is 1. The molecule has 1 amide bonds. The second-order valence-electron chi connectivity index (χ2n) is 7.31. The van der Waals surface area contributed by atoms with Gasteiger partial charge in [-0.15, -0.1) is 0 Å². The Labute approximate surface area is 175 Å². The lowest BCUT2D eigenvalue weighted by Crippen LogP contribution is -2.36. The van der Waals surface area contributed by atoms with Crippen molar-refractivity contribution in [3.63, 3.8) is 0 Å². The van der Waals surface area contributed by atoms with E-state index in [1.807, 2.05) is 6.07 Å². The minimum Gasteiger partial charge on any atom is -0.457 e. The molecule has 1 aromatic heterocycles. The molecule has 1 aliphatic rings. The van der Waals surface area contributed by atoms with Gasteiger partial charge in [0.1, 0.15) is 17.3 Å². The van der Waals surface area contributed by atoms with Crippen molar-refractivity contribution in [2.24, 2.45) is 0 Å². The molecule has 0 saturated carbocycles. The molecule has 0 bridgehead atoms. The number of aryl methyl sites for hydroxylation is 1. The molecule has 1 N–H and O–H groups in total. The molecule has 4 rings (SSSR count). The van der Waals surface area contributed by atoms with E-state index in [0.717, 1.165) is 22.9 Å². The van der Waals surface area contributed by atoms with Crippen molar-refractivity contribution >= 4 is 5.91 Å². The molecule has 0 fully saturated rings. The van der Waals surface area contributed by atoms with Crippen molar-refractivity contribution in [2.75, 3.05) is 6.54 Å². The molecule has 2 aromatic carbocycles. The Morgan fingerprint density at radius 3 is 2.61 bits per heavy atom. The fraction of sp³-hybridized carbons (Fsp3) is 0.273. The number of amides is 1. The van der Waals surface area contributed by atoms with Crippen LogP contribution in [-0.2, 0) is 30.4 Å². The molecule has 9 heteroatoms. The van der Waals surface area contributed by atoms with Gasteiger partial charge in [-0.05, 0) is 48.2 Å². The second-order valence-corrected chi connectivity index (χ2v) is 7.31. The summed E-state index contributed by atoms with van der Waals surface area (Å²) in [6, 6.07) is 7.73. The number of rotatable bonds is 5. The first-order chi connectivity index (χ1) is 14.8. The highest BCUT2D eigenvalue weighted by Gasteiger charge is 2.34. The molecule has 5 nitrogen and oxygen atoms in total. The highest BCUT2D eigenvalue weighted by Crippen LogP contribution is 2.34. The molecular weight excluding hydrogens is 414 g/mol. The number of H-pyrrole nitrogens is 1. The van der Waals surface area contributed by atoms with Crippen LogP contribution in [0.1, 0.15) is 28.8 Å². The van der Waals surface area contributed by atoms with Gasteiger partial charge in [-0.2, -0.15) is 13.2 Å². The van der Waals surface area contributed by atoms with E-state index in [9.17, 15) is 22.4 Å². The predicted molar refractivity (Wildman–Crippen MR) is 104 cm³/mol. The number of aromatic amines is 1. The maximum absolute atomic E-state index is 13.8. The van der Waals surface area contributed by atoms with Crippen molar-refractivity contribution in [2.45, 2.75) is 32.0 Å². The Hall–Kier alpha value is -3.36. The fourth-order valence-corrected chi connectivity index (χ4v) is 3.56. The number of imidazole rings is 1. The first-order valence-corrected chi connectivity index (χ1v) is 9.71. The summed E-state index contributed by atoms with van der Waals surface area (Å²) in [5.41, 5.74) is 1.52. The first-order valence-electron chi connectivity index (χ1n) is 9.71. The molecule has 1 aliphatic heterocycles. The number of aromatic nitrogens is 2. The lowest BCUT2D eigenvalue weighted by Gasteiger charge is -2.29. The average molecular weight is 433 g/mol. The van der Waals surface area contributed by atoms with E-state index in [0.29, 0.717) is 50.2 Å². The number of ether oxygens (including phenoxy) is 1. The minimum absolute atomic E-state index is 0.0244. The van der Waals surface area contributed by atoms with Crippen LogP contribution in [0.25, 0.3) is 0 Å². The normalized spacial score (nSPS) is 13.7. The largest absolute Gasteiger partial charge is 0.457 e. The van der Waals surface area contributed by atoms with Crippen molar-refractivity contribution in [1.82, 2.24) is 14.9 Å². The molecule has 0 aliphatic carbocycles. The number of carbonyl (C=O) groups excluding carboxylic acids is 1. The Kier molecular flexibility index (Phi) is 5.67. The zero-order valence-corrected chi connectivity index (χ0v) is 16.4. The fourth-order valence-electron chi connectivity index (χ4n) is 3.56. The topological polar surface area (TPSA) is 58.2 Å². The van der Waals surface area contributed by atoms with Crippen molar-refractivity contribution in [3.8, 4) is 11.5 Å². The number of nitrogens with zero attached hydrogens (tertiary/aromatic N) is 2. The Morgan fingerprint density at radius 2 is 1.90 bits per heavy atom. The molecule has 0 radical (unpaired) electrons. The van der Waals surface area contributed by atoms with E-state index in [-0.39, 0.29) is 11.7 Å². The molecule has 162 valence electrons. The van der Waals surface area contributed by atoms with Gasteiger partial charge in [0.15, 0.2) is 0 Å². The second kappa shape index (κ2) is 8.41. The molecule has 2 heterocycles. The lowest BCUT2D eigenvalue weighted by atomic mass is 9.99. The monoisotopic (exact) mass is 433 g/mol. The quantitative estimate of drug-likeness (QED) is 0.584. The number of hydrogen-bond donors (Lipinski definition) is 1. The van der Waals surface area contributed by atoms with E-state index in [4.69, 9.17) is 4.74 Å². The van der Waals surface area contributed by atoms with Crippen LogP contribution in [0.2, 0.25) is 0 Å². The van der Waals surface area contributed by atoms with Gasteiger partial charge >= 0.3 is 6.18 Å². The third-order valence-electron chi connectivity index (χ3n) is 5.19. The first kappa shape index (κ1) is 20.9. The van der Waals surface area contributed by atoms with Gasteiger partial charge in [0.2, 0.25) is 5.91 Å². The Morgan fingerprint density at radius 1 is 1.13 bits per heavy atom. The number of benzene rings is 2. The van der Waals surface area contributed by atoms with Gasteiger partial charge in [0.05, 0.1) is 11.9 Å². The summed E-state index contributed by atoms with van der Waals surface area (Å²) in [7, 11) is 0. The predicted octanol–water partition coefficient (Wildman–Crippen LogP) is 4.88. The van der Waals surface area contributed by atoms with E-state index >= 15 is 0 Å². The van der Waals surface area contributed by atoms with Crippen LogP contribution < -0.4 is 4.74 Å². The maximum Gasteiger partial charge on any atom is 0.419 e. The number of hydrogen-bond acceptors (Lipinski definition) is 3. The van der Waals surface area contributed by atoms with Crippen LogP contribution >= 0.6 is 0 Å². The van der Waals surface area contributed by atoms with Gasteiger partial charge in [0.25, 0.3) is 0 Å². The summed E-state index contributed by atoms with van der Waals surface area (Å²) in [6.45, 7) is 1.02. The van der Waals surface area contributed by atoms with Crippen molar-refractivity contribution < 1.29 is 27.1 Å². The van der Waals surface area contributed by atoms with Crippen molar-refractivity contribution in [1.29, 1.82) is 0 Å². The molecule has 0 unspecified atom stereocenters. The maximum atomic E-state index is 13.8. The summed E-state index contributed by atoms with van der Waals surface area (Å²) in [4.78, 5) is 21.2. The van der Waals surface area contributed by atoms with Crippen LogP contribution in [0.5, 0.6) is 11.5 Å². The number of alkyl halides is 3. The van der Waals surface area contributed by atoms with Gasteiger partial charge < -0.3 is 14.6 Å². The summed E-state index contributed by atoms with van der Waals surface area (Å²) in [5, 5.41) is 0. The summed E-state index contributed by atoms with van der Waals surface area (Å²) in [6.07, 6.45) is 0.124. The Bertz CT molecular complexity index is 1080. The van der Waals surface area contributed by atoms with Gasteiger partial charge in [-0.25, -0.2) is 9.37 Å². The standard InChI is InChI=1S/C22H19F4N3O2/c23-20-10-18(4-5-19(20)22(24,25)26)31-17-3-1-14-7-8-29(12-15(14)9-17)21(30)6-2-16-11-27-13-28-16/h1,3-5,9-11,13H,2,6-8,12H2,(H,27,28). The van der Waals surface area contributed by atoms with E-state index in [2.05, 4.69) is 9.97 Å². The smallest absolute Gasteiger partial charge is 0.419 e. The average Bonchev–Trinajstić information content (AvgIpc) is 3.24. The highest BCUT2D eigenvalue weighted by molar-refractivity contribution is 5.76. The summed E-state index contributed by atoms with van der Waals surface area (Å²) in [5.74, 6) is -1.04. The SMILES string of the molecule is O=C(CCc1cnc[nH]1)N1CCc2ccc(Oc3ccc(C(F)(F)F)c(F)c3)cc2C1. The number of nitrogens with one attached hydrogen (secondary N) is 1. The molecular formula is C22H19F4N3O2. The third-order valence-corrected chi connectivity index (χ3v) is 5.19. The van der Waals surface area contributed by atoms with Crippen LogP contribution in [-0.4, -0.2) is 27.3 Å². The molecule has 0 saturated heterocycles. The highest BCUT2D eigenvalue weighted by atomic mass is 19.4. The third kappa shape index (κ3) is 4.87. The van der Waals surface area contributed by atoms with Crippen LogP contribution in [0.15, 0.2) is 48.9 Å². The lowest BCUT2D eigenvalue weighted by molar-refractivity contribution is -0.140. The Balaban J connectivity index is 1.43. The summed E-state index contributed by atoms with van der Waals surface area (Å²) >= 11 is 0. The van der Waals surface area contributed by atoms with Gasteiger partial charge in [-0.3, -0.25) is 4.79 Å². The molecule has 31 heavy (non-hydrogen) atoms.